The van der Waals surface area contributed by atoms with E-state index in [1.165, 1.54) is 4.90 Å². The molecule has 0 fully saturated rings. The van der Waals surface area contributed by atoms with Crippen molar-refractivity contribution in [2.75, 3.05) is 6.26 Å². The van der Waals surface area contributed by atoms with Crippen molar-refractivity contribution in [1.29, 1.82) is 0 Å². The minimum atomic E-state index is 0.506. The van der Waals surface area contributed by atoms with Gasteiger partial charge in [0.05, 0.1) is 9.50 Å². The first kappa shape index (κ1) is 12.7. The summed E-state index contributed by atoms with van der Waals surface area (Å²) in [5.41, 5.74) is 0. The standard InChI is InChI=1S/C12H9BrClNOS/c1-17-10-4-2-9(3-5-10)16-12-11(13)6-8(14)7-15-12/h2-7H,1H3. The van der Waals surface area contributed by atoms with Crippen molar-refractivity contribution >= 4 is 39.3 Å². The lowest BCUT2D eigenvalue weighted by molar-refractivity contribution is 0.459. The number of hydrogen-bond donors (Lipinski definition) is 0. The van der Waals surface area contributed by atoms with E-state index in [-0.39, 0.29) is 0 Å². The Balaban J connectivity index is 2.19. The Labute approximate surface area is 117 Å². The van der Waals surface area contributed by atoms with Crippen LogP contribution < -0.4 is 4.74 Å². The highest BCUT2D eigenvalue weighted by Crippen LogP contribution is 2.30. The van der Waals surface area contributed by atoms with Crippen molar-refractivity contribution in [3.8, 4) is 11.6 Å². The van der Waals surface area contributed by atoms with Crippen LogP contribution in [0.4, 0.5) is 0 Å². The molecule has 88 valence electrons. The number of halogens is 2. The van der Waals surface area contributed by atoms with E-state index in [1.807, 2.05) is 30.5 Å². The van der Waals surface area contributed by atoms with Gasteiger partial charge in [0.2, 0.25) is 5.88 Å². The highest BCUT2D eigenvalue weighted by molar-refractivity contribution is 9.10. The molecule has 0 radical (unpaired) electrons. The van der Waals surface area contributed by atoms with Crippen LogP contribution in [0.15, 0.2) is 45.9 Å². The maximum absolute atomic E-state index is 5.81. The molecule has 1 aromatic heterocycles. The van der Waals surface area contributed by atoms with Crippen LogP contribution in [-0.4, -0.2) is 11.2 Å². The van der Waals surface area contributed by atoms with Crippen LogP contribution in [-0.2, 0) is 0 Å². The lowest BCUT2D eigenvalue weighted by Crippen LogP contribution is -1.88. The summed E-state index contributed by atoms with van der Waals surface area (Å²) >= 11 is 10.9. The van der Waals surface area contributed by atoms with Crippen LogP contribution in [0.1, 0.15) is 0 Å². The van der Waals surface area contributed by atoms with Gasteiger partial charge in [-0.05, 0) is 52.5 Å². The van der Waals surface area contributed by atoms with E-state index >= 15 is 0 Å². The fraction of sp³-hybridized carbons (Fsp3) is 0.0833. The van der Waals surface area contributed by atoms with Gasteiger partial charge in [-0.2, -0.15) is 0 Å². The molecule has 0 aliphatic carbocycles. The second-order valence-electron chi connectivity index (χ2n) is 3.22. The fourth-order valence-corrected chi connectivity index (χ4v) is 2.36. The van der Waals surface area contributed by atoms with E-state index < -0.39 is 0 Å². The number of rotatable bonds is 3. The van der Waals surface area contributed by atoms with E-state index in [0.717, 1.165) is 10.2 Å². The van der Waals surface area contributed by atoms with E-state index in [0.29, 0.717) is 10.9 Å². The van der Waals surface area contributed by atoms with E-state index in [4.69, 9.17) is 16.3 Å². The summed E-state index contributed by atoms with van der Waals surface area (Å²) in [4.78, 5) is 5.30. The third-order valence-electron chi connectivity index (χ3n) is 2.05. The van der Waals surface area contributed by atoms with Gasteiger partial charge in [-0.3, -0.25) is 0 Å². The van der Waals surface area contributed by atoms with E-state index in [9.17, 15) is 0 Å². The highest BCUT2D eigenvalue weighted by atomic mass is 79.9. The zero-order chi connectivity index (χ0) is 12.3. The minimum Gasteiger partial charge on any atom is -0.438 e. The molecular formula is C12H9BrClNOS. The first-order valence-corrected chi connectivity index (χ1v) is 7.21. The van der Waals surface area contributed by atoms with Gasteiger partial charge in [-0.1, -0.05) is 11.6 Å². The topological polar surface area (TPSA) is 22.1 Å². The Bertz CT molecular complexity index is 518. The van der Waals surface area contributed by atoms with Crippen LogP contribution in [0.3, 0.4) is 0 Å². The van der Waals surface area contributed by atoms with Crippen molar-refractivity contribution in [2.24, 2.45) is 0 Å². The second kappa shape index (κ2) is 5.76. The SMILES string of the molecule is CSc1ccc(Oc2ncc(Cl)cc2Br)cc1. The number of ether oxygens (including phenoxy) is 1. The van der Waals surface area contributed by atoms with Crippen molar-refractivity contribution < 1.29 is 4.74 Å². The molecule has 0 spiro atoms. The van der Waals surface area contributed by atoms with Gasteiger partial charge in [0.1, 0.15) is 5.75 Å². The third kappa shape index (κ3) is 3.37. The summed E-state index contributed by atoms with van der Waals surface area (Å²) in [6.45, 7) is 0. The first-order chi connectivity index (χ1) is 8.19. The lowest BCUT2D eigenvalue weighted by Gasteiger charge is -2.07. The predicted octanol–water partition coefficient (Wildman–Crippen LogP) is 5.01. The third-order valence-corrected chi connectivity index (χ3v) is 3.57. The number of aromatic nitrogens is 1. The molecule has 0 bridgehead atoms. The minimum absolute atomic E-state index is 0.506. The van der Waals surface area contributed by atoms with Crippen LogP contribution in [0, 0.1) is 0 Å². The monoisotopic (exact) mass is 329 g/mol. The number of nitrogens with zero attached hydrogens (tertiary/aromatic N) is 1. The smallest absolute Gasteiger partial charge is 0.233 e. The predicted molar refractivity (Wildman–Crippen MR) is 75.2 cm³/mol. The summed E-state index contributed by atoms with van der Waals surface area (Å²) in [6, 6.07) is 9.58. The molecule has 2 aromatic rings. The second-order valence-corrected chi connectivity index (χ2v) is 5.39. The largest absolute Gasteiger partial charge is 0.438 e. The summed E-state index contributed by atoms with van der Waals surface area (Å²) in [6.07, 6.45) is 3.59. The van der Waals surface area contributed by atoms with E-state index in [1.54, 1.807) is 24.0 Å². The van der Waals surface area contributed by atoms with Crippen LogP contribution >= 0.6 is 39.3 Å². The molecule has 0 aliphatic heterocycles. The van der Waals surface area contributed by atoms with E-state index in [2.05, 4.69) is 20.9 Å². The molecule has 0 atom stereocenters. The Morgan fingerprint density at radius 3 is 2.59 bits per heavy atom. The number of benzene rings is 1. The Morgan fingerprint density at radius 2 is 2.00 bits per heavy atom. The van der Waals surface area contributed by atoms with Crippen molar-refractivity contribution in [1.82, 2.24) is 4.98 Å². The average Bonchev–Trinajstić information content (AvgIpc) is 2.34. The van der Waals surface area contributed by atoms with Gasteiger partial charge in [0, 0.05) is 11.1 Å². The lowest BCUT2D eigenvalue weighted by atomic mass is 10.3. The molecule has 2 nitrogen and oxygen atoms in total. The van der Waals surface area contributed by atoms with Gasteiger partial charge in [0.25, 0.3) is 0 Å². The summed E-state index contributed by atoms with van der Waals surface area (Å²) in [5.74, 6) is 1.25. The summed E-state index contributed by atoms with van der Waals surface area (Å²) in [7, 11) is 0. The zero-order valence-electron chi connectivity index (χ0n) is 8.98. The van der Waals surface area contributed by atoms with Gasteiger partial charge < -0.3 is 4.74 Å². The van der Waals surface area contributed by atoms with Crippen LogP contribution in [0.25, 0.3) is 0 Å². The van der Waals surface area contributed by atoms with Gasteiger partial charge >= 0.3 is 0 Å². The quantitative estimate of drug-likeness (QED) is 0.738. The van der Waals surface area contributed by atoms with Gasteiger partial charge in [0.15, 0.2) is 0 Å². The average molecular weight is 331 g/mol. The molecular weight excluding hydrogens is 322 g/mol. The molecule has 2 rings (SSSR count). The molecule has 0 N–H and O–H groups in total. The number of pyridine rings is 1. The molecule has 0 aliphatic rings. The Morgan fingerprint density at radius 1 is 1.29 bits per heavy atom. The Hall–Kier alpha value is -0.710. The van der Waals surface area contributed by atoms with Gasteiger partial charge in [-0.15, -0.1) is 11.8 Å². The normalized spacial score (nSPS) is 10.3. The Kier molecular flexibility index (Phi) is 4.31. The molecule has 5 heteroatoms. The fourth-order valence-electron chi connectivity index (χ4n) is 1.23. The van der Waals surface area contributed by atoms with Crippen molar-refractivity contribution in [2.45, 2.75) is 4.90 Å². The van der Waals surface area contributed by atoms with Crippen molar-refractivity contribution in [3.63, 3.8) is 0 Å². The maximum atomic E-state index is 5.81. The first-order valence-electron chi connectivity index (χ1n) is 4.82. The highest BCUT2D eigenvalue weighted by Gasteiger charge is 2.05. The summed E-state index contributed by atoms with van der Waals surface area (Å²) < 4.78 is 6.37. The molecule has 17 heavy (non-hydrogen) atoms. The number of hydrogen-bond acceptors (Lipinski definition) is 3. The van der Waals surface area contributed by atoms with Crippen molar-refractivity contribution in [3.05, 3.63) is 46.0 Å². The molecule has 0 unspecified atom stereocenters. The van der Waals surface area contributed by atoms with Gasteiger partial charge in [-0.25, -0.2) is 4.98 Å². The number of thioether (sulfide) groups is 1. The summed E-state index contributed by atoms with van der Waals surface area (Å²) in [5, 5.41) is 0.571. The molecule has 0 saturated heterocycles. The molecule has 0 amide bonds. The zero-order valence-corrected chi connectivity index (χ0v) is 12.1. The van der Waals surface area contributed by atoms with Crippen LogP contribution in [0.2, 0.25) is 5.02 Å². The van der Waals surface area contributed by atoms with Crippen LogP contribution in [0.5, 0.6) is 11.6 Å². The molecule has 1 aromatic carbocycles. The molecule has 0 saturated carbocycles. The molecule has 1 heterocycles. The maximum Gasteiger partial charge on any atom is 0.233 e.